The number of esters is 1. The van der Waals surface area contributed by atoms with Gasteiger partial charge >= 0.3 is 12.1 Å². The van der Waals surface area contributed by atoms with Gasteiger partial charge in [0.15, 0.2) is 0 Å². The molecule has 1 heterocycles. The Morgan fingerprint density at radius 1 is 0.973 bits per heavy atom. The lowest BCUT2D eigenvalue weighted by Crippen LogP contribution is -2.41. The summed E-state index contributed by atoms with van der Waals surface area (Å²) < 4.78 is 43.3. The Bertz CT molecular complexity index is 1170. The van der Waals surface area contributed by atoms with E-state index < -0.39 is 23.2 Å². The number of hydrogen-bond acceptors (Lipinski definition) is 4. The van der Waals surface area contributed by atoms with Crippen LogP contribution in [-0.2, 0) is 44.6 Å². The van der Waals surface area contributed by atoms with Crippen molar-refractivity contribution < 1.29 is 32.3 Å². The fourth-order valence-electron chi connectivity index (χ4n) is 3.97. The van der Waals surface area contributed by atoms with Gasteiger partial charge in [-0.2, -0.15) is 13.2 Å². The summed E-state index contributed by atoms with van der Waals surface area (Å²) in [5.74, 6) is -1.03. The molecule has 0 aliphatic carbocycles. The van der Waals surface area contributed by atoms with Gasteiger partial charge in [0.2, 0.25) is 11.8 Å². The van der Waals surface area contributed by atoms with E-state index in [2.05, 4.69) is 5.32 Å². The molecule has 198 valence electrons. The molecule has 1 aliphatic heterocycles. The number of amides is 2. The van der Waals surface area contributed by atoms with Gasteiger partial charge in [-0.15, -0.1) is 0 Å². The van der Waals surface area contributed by atoms with Crippen molar-refractivity contribution in [1.29, 1.82) is 0 Å². The van der Waals surface area contributed by atoms with Gasteiger partial charge in [0.25, 0.3) is 0 Å². The molecular formula is C28H31F3N2O4. The summed E-state index contributed by atoms with van der Waals surface area (Å²) in [6.07, 6.45) is -0.380. The van der Waals surface area contributed by atoms with Crippen molar-refractivity contribution in [2.45, 2.75) is 51.8 Å². The summed E-state index contributed by atoms with van der Waals surface area (Å²) in [5.41, 5.74) is 2.19. The Morgan fingerprint density at radius 2 is 1.62 bits per heavy atom. The summed E-state index contributed by atoms with van der Waals surface area (Å²) in [6, 6.07) is 10.3. The maximum absolute atomic E-state index is 12.7. The highest BCUT2D eigenvalue weighted by Crippen LogP contribution is 2.29. The molecule has 0 bridgehead atoms. The van der Waals surface area contributed by atoms with Crippen molar-refractivity contribution in [3.05, 3.63) is 76.4 Å². The highest BCUT2D eigenvalue weighted by molar-refractivity contribution is 5.94. The van der Waals surface area contributed by atoms with Gasteiger partial charge in [-0.05, 0) is 74.1 Å². The molecule has 0 radical (unpaired) electrons. The summed E-state index contributed by atoms with van der Waals surface area (Å²) in [6.45, 7) is 6.28. The van der Waals surface area contributed by atoms with Gasteiger partial charge in [0.1, 0.15) is 5.60 Å². The molecule has 2 amide bonds. The molecule has 0 fully saturated rings. The van der Waals surface area contributed by atoms with Crippen molar-refractivity contribution >= 4 is 23.9 Å². The average Bonchev–Trinajstić information content (AvgIpc) is 3.02. The first-order valence-electron chi connectivity index (χ1n) is 12.0. The van der Waals surface area contributed by atoms with Crippen molar-refractivity contribution in [3.8, 4) is 0 Å². The monoisotopic (exact) mass is 516 g/mol. The van der Waals surface area contributed by atoms with Crippen LogP contribution in [0.5, 0.6) is 0 Å². The zero-order chi connectivity index (χ0) is 27.2. The molecule has 0 unspecified atom stereocenters. The van der Waals surface area contributed by atoms with Crippen LogP contribution in [0.4, 0.5) is 13.2 Å². The summed E-state index contributed by atoms with van der Waals surface area (Å²) >= 11 is 0. The van der Waals surface area contributed by atoms with Crippen molar-refractivity contribution in [3.63, 3.8) is 0 Å². The van der Waals surface area contributed by atoms with E-state index in [1.54, 1.807) is 4.90 Å². The number of ether oxygens (including phenoxy) is 1. The molecule has 1 N–H and O–H groups in total. The fraction of sp³-hybridized carbons (Fsp3) is 0.393. The lowest BCUT2D eigenvalue weighted by Gasteiger charge is -2.20. The molecule has 6 nitrogen and oxygen atoms in total. The Morgan fingerprint density at radius 3 is 2.24 bits per heavy atom. The Kier molecular flexibility index (Phi) is 8.78. The van der Waals surface area contributed by atoms with Crippen LogP contribution < -0.4 is 5.32 Å². The second-order valence-corrected chi connectivity index (χ2v) is 9.92. The molecule has 2 aromatic carbocycles. The normalized spacial score (nSPS) is 14.2. The molecule has 0 saturated carbocycles. The molecule has 0 aromatic heterocycles. The zero-order valence-electron chi connectivity index (χ0n) is 21.2. The topological polar surface area (TPSA) is 75.7 Å². The van der Waals surface area contributed by atoms with E-state index in [0.717, 1.165) is 28.8 Å². The first kappa shape index (κ1) is 28.0. The first-order chi connectivity index (χ1) is 17.3. The average molecular weight is 517 g/mol. The maximum atomic E-state index is 12.7. The van der Waals surface area contributed by atoms with E-state index in [-0.39, 0.29) is 24.8 Å². The van der Waals surface area contributed by atoms with Crippen LogP contribution >= 0.6 is 0 Å². The lowest BCUT2D eigenvalue weighted by molar-refractivity contribution is -0.154. The molecule has 2 aromatic rings. The van der Waals surface area contributed by atoms with Crippen LogP contribution in [0.3, 0.4) is 0 Å². The van der Waals surface area contributed by atoms with Crippen molar-refractivity contribution in [1.82, 2.24) is 10.2 Å². The molecule has 1 aliphatic rings. The van der Waals surface area contributed by atoms with Gasteiger partial charge < -0.3 is 15.0 Å². The van der Waals surface area contributed by atoms with Crippen LogP contribution in [-0.4, -0.2) is 47.9 Å². The molecule has 9 heteroatoms. The number of alkyl halides is 3. The highest BCUT2D eigenvalue weighted by atomic mass is 19.4. The van der Waals surface area contributed by atoms with E-state index in [9.17, 15) is 27.6 Å². The minimum atomic E-state index is -4.42. The fourth-order valence-corrected chi connectivity index (χ4v) is 3.97. The second kappa shape index (κ2) is 11.6. The van der Waals surface area contributed by atoms with Crippen LogP contribution in [0.2, 0.25) is 0 Å². The predicted octanol–water partition coefficient (Wildman–Crippen LogP) is 4.35. The number of rotatable bonds is 6. The SMILES string of the molecule is CC(C)(C)OC(=O)Cc1ccc2c(c1)CCN(C(=O)CNC(=O)/C=C/c1ccc(C(F)(F)F)cc1)CC2. The maximum Gasteiger partial charge on any atom is 0.416 e. The van der Waals surface area contributed by atoms with Crippen LogP contribution in [0.15, 0.2) is 48.5 Å². The lowest BCUT2D eigenvalue weighted by atomic mass is 9.99. The molecule has 0 saturated heterocycles. The molecule has 37 heavy (non-hydrogen) atoms. The van der Waals surface area contributed by atoms with E-state index >= 15 is 0 Å². The minimum absolute atomic E-state index is 0.180. The highest BCUT2D eigenvalue weighted by Gasteiger charge is 2.29. The minimum Gasteiger partial charge on any atom is -0.460 e. The number of nitrogens with one attached hydrogen (secondary N) is 1. The first-order valence-corrected chi connectivity index (χ1v) is 12.0. The van der Waals surface area contributed by atoms with E-state index in [0.29, 0.717) is 31.5 Å². The third-order valence-corrected chi connectivity index (χ3v) is 5.77. The summed E-state index contributed by atoms with van der Waals surface area (Å²) in [4.78, 5) is 38.6. The van der Waals surface area contributed by atoms with Gasteiger partial charge in [0, 0.05) is 19.2 Å². The van der Waals surface area contributed by atoms with Crippen LogP contribution in [0.1, 0.15) is 48.6 Å². The quantitative estimate of drug-likeness (QED) is 0.458. The van der Waals surface area contributed by atoms with Gasteiger partial charge in [0.05, 0.1) is 18.5 Å². The number of fused-ring (bicyclic) bond motifs is 1. The predicted molar refractivity (Wildman–Crippen MR) is 133 cm³/mol. The number of hydrogen-bond donors (Lipinski definition) is 1. The number of carbonyl (C=O) groups is 3. The van der Waals surface area contributed by atoms with Gasteiger partial charge in [-0.25, -0.2) is 0 Å². The largest absolute Gasteiger partial charge is 0.460 e. The van der Waals surface area contributed by atoms with E-state index in [1.807, 2.05) is 39.0 Å². The number of carbonyl (C=O) groups excluding carboxylic acids is 3. The standard InChI is InChI=1S/C28H31F3N2O4/c1-27(2,3)37-26(36)17-20-4-8-21-12-14-33(15-13-22(21)16-20)25(35)18-32-24(34)11-7-19-5-9-23(10-6-19)28(29,30)31/h4-11,16H,12-15,17-18H2,1-3H3,(H,32,34)/b11-7+. The van der Waals surface area contributed by atoms with Crippen molar-refractivity contribution in [2.75, 3.05) is 19.6 Å². The smallest absolute Gasteiger partial charge is 0.416 e. The third-order valence-electron chi connectivity index (χ3n) is 5.77. The molecule has 0 atom stereocenters. The number of benzene rings is 2. The van der Waals surface area contributed by atoms with Gasteiger partial charge in [-0.3, -0.25) is 14.4 Å². The molecule has 0 spiro atoms. The zero-order valence-corrected chi connectivity index (χ0v) is 21.2. The Labute approximate surface area is 214 Å². The van der Waals surface area contributed by atoms with Crippen LogP contribution in [0.25, 0.3) is 6.08 Å². The number of halogens is 3. The summed E-state index contributed by atoms with van der Waals surface area (Å²) in [5, 5.41) is 2.53. The Balaban J connectivity index is 1.49. The van der Waals surface area contributed by atoms with Gasteiger partial charge in [-0.1, -0.05) is 30.3 Å². The van der Waals surface area contributed by atoms with Crippen LogP contribution in [0, 0.1) is 0 Å². The second-order valence-electron chi connectivity index (χ2n) is 9.92. The number of nitrogens with zero attached hydrogens (tertiary/aromatic N) is 1. The molecule has 3 rings (SSSR count). The summed E-state index contributed by atoms with van der Waals surface area (Å²) in [7, 11) is 0. The van der Waals surface area contributed by atoms with Crippen molar-refractivity contribution in [2.24, 2.45) is 0 Å². The third kappa shape index (κ3) is 8.77. The Hall–Kier alpha value is -3.62. The van der Waals surface area contributed by atoms with E-state index in [1.165, 1.54) is 24.3 Å². The van der Waals surface area contributed by atoms with E-state index in [4.69, 9.17) is 4.74 Å². The molecular weight excluding hydrogens is 485 g/mol.